The topological polar surface area (TPSA) is 62.6 Å². The Morgan fingerprint density at radius 1 is 1.24 bits per heavy atom. The second kappa shape index (κ2) is 6.07. The average molecular weight is 341 g/mol. The van der Waals surface area contributed by atoms with E-state index >= 15 is 0 Å². The maximum absolute atomic E-state index is 12.1. The smallest absolute Gasteiger partial charge is 0.238 e. The molecular formula is C18H23N5O2. The van der Waals surface area contributed by atoms with Crippen molar-refractivity contribution in [1.29, 1.82) is 0 Å². The Morgan fingerprint density at radius 3 is 2.56 bits per heavy atom. The molecule has 0 saturated carbocycles. The fourth-order valence-electron chi connectivity index (χ4n) is 3.84. The lowest BCUT2D eigenvalue weighted by Gasteiger charge is -2.61. The number of nitrogens with zero attached hydrogens (tertiary/aromatic N) is 4. The molecule has 0 unspecified atom stereocenters. The van der Waals surface area contributed by atoms with E-state index in [-0.39, 0.29) is 5.91 Å². The maximum atomic E-state index is 12.1. The van der Waals surface area contributed by atoms with E-state index in [1.165, 1.54) is 5.69 Å². The van der Waals surface area contributed by atoms with Gasteiger partial charge in [0.15, 0.2) is 0 Å². The summed E-state index contributed by atoms with van der Waals surface area (Å²) >= 11 is 0. The number of amides is 1. The fourth-order valence-corrected chi connectivity index (χ4v) is 3.84. The van der Waals surface area contributed by atoms with Crippen LogP contribution in [0.2, 0.25) is 0 Å². The Labute approximate surface area is 147 Å². The molecule has 3 heterocycles. The van der Waals surface area contributed by atoms with Gasteiger partial charge >= 0.3 is 0 Å². The number of carbonyl (C=O) groups is 1. The Balaban J connectivity index is 1.22. The molecule has 1 amide bonds. The van der Waals surface area contributed by atoms with Crippen LogP contribution in [0, 0.1) is 5.41 Å². The molecule has 0 radical (unpaired) electrons. The summed E-state index contributed by atoms with van der Waals surface area (Å²) in [6.07, 6.45) is 3.46. The lowest BCUT2D eigenvalue weighted by molar-refractivity contribution is -0.121. The van der Waals surface area contributed by atoms with Crippen molar-refractivity contribution >= 4 is 17.3 Å². The van der Waals surface area contributed by atoms with Crippen LogP contribution >= 0.6 is 0 Å². The van der Waals surface area contributed by atoms with Crippen molar-refractivity contribution in [2.75, 3.05) is 50.1 Å². The summed E-state index contributed by atoms with van der Waals surface area (Å²) in [6.45, 7) is 4.53. The first-order valence-electron chi connectivity index (χ1n) is 8.45. The molecule has 2 aliphatic rings. The average Bonchev–Trinajstić information content (AvgIpc) is 2.93. The van der Waals surface area contributed by atoms with E-state index in [0.717, 1.165) is 37.6 Å². The summed E-state index contributed by atoms with van der Waals surface area (Å²) in [4.78, 5) is 16.7. The van der Waals surface area contributed by atoms with Gasteiger partial charge < -0.3 is 15.0 Å². The van der Waals surface area contributed by atoms with Gasteiger partial charge in [-0.3, -0.25) is 14.4 Å². The number of benzene rings is 1. The van der Waals surface area contributed by atoms with E-state index < -0.39 is 0 Å². The summed E-state index contributed by atoms with van der Waals surface area (Å²) in [5.74, 6) is 0.905. The Kier molecular flexibility index (Phi) is 3.88. The molecule has 1 spiro atoms. The van der Waals surface area contributed by atoms with Gasteiger partial charge in [-0.25, -0.2) is 0 Å². The van der Waals surface area contributed by atoms with E-state index in [1.54, 1.807) is 24.2 Å². The van der Waals surface area contributed by atoms with Crippen molar-refractivity contribution in [3.8, 4) is 5.75 Å². The highest BCUT2D eigenvalue weighted by molar-refractivity contribution is 5.92. The van der Waals surface area contributed by atoms with Crippen molar-refractivity contribution in [3.63, 3.8) is 0 Å². The number of ether oxygens (including phenoxy) is 1. The molecule has 2 fully saturated rings. The predicted molar refractivity (Wildman–Crippen MR) is 95.9 cm³/mol. The van der Waals surface area contributed by atoms with E-state index in [2.05, 4.69) is 32.3 Å². The summed E-state index contributed by atoms with van der Waals surface area (Å²) in [6, 6.07) is 8.19. The highest BCUT2D eigenvalue weighted by Crippen LogP contribution is 2.41. The molecule has 0 atom stereocenters. The molecule has 0 bridgehead atoms. The number of carbonyl (C=O) groups excluding carboxylic acids is 1. The van der Waals surface area contributed by atoms with Gasteiger partial charge in [-0.2, -0.15) is 5.10 Å². The Morgan fingerprint density at radius 2 is 1.96 bits per heavy atom. The van der Waals surface area contributed by atoms with Crippen LogP contribution < -0.4 is 15.0 Å². The highest BCUT2D eigenvalue weighted by atomic mass is 16.5. The maximum Gasteiger partial charge on any atom is 0.238 e. The SMILES string of the molecule is COc1ccc(N2CC3(CN(CC(=O)Nc4cnn(C)c4)C3)C2)cc1. The third-order valence-corrected chi connectivity index (χ3v) is 4.96. The van der Waals surface area contributed by atoms with Crippen molar-refractivity contribution < 1.29 is 9.53 Å². The van der Waals surface area contributed by atoms with Gasteiger partial charge in [0, 0.05) is 50.5 Å². The zero-order valence-electron chi connectivity index (χ0n) is 14.6. The summed E-state index contributed by atoms with van der Waals surface area (Å²) in [5, 5.41) is 6.94. The quantitative estimate of drug-likeness (QED) is 0.885. The monoisotopic (exact) mass is 341 g/mol. The van der Waals surface area contributed by atoms with E-state index in [0.29, 0.717) is 12.0 Å². The molecule has 4 rings (SSSR count). The van der Waals surface area contributed by atoms with Gasteiger partial charge in [-0.15, -0.1) is 0 Å². The second-order valence-corrected chi connectivity index (χ2v) is 7.15. The van der Waals surface area contributed by atoms with Crippen molar-refractivity contribution in [2.45, 2.75) is 0 Å². The minimum absolute atomic E-state index is 0.0224. The zero-order valence-corrected chi connectivity index (χ0v) is 14.6. The molecular weight excluding hydrogens is 318 g/mol. The first-order chi connectivity index (χ1) is 12.0. The molecule has 25 heavy (non-hydrogen) atoms. The molecule has 2 saturated heterocycles. The lowest BCUT2D eigenvalue weighted by atomic mass is 9.72. The largest absolute Gasteiger partial charge is 0.497 e. The molecule has 2 aromatic rings. The van der Waals surface area contributed by atoms with Gasteiger partial charge in [0.2, 0.25) is 5.91 Å². The molecule has 1 aromatic carbocycles. The minimum Gasteiger partial charge on any atom is -0.497 e. The first kappa shape index (κ1) is 16.0. The van der Waals surface area contributed by atoms with E-state index in [4.69, 9.17) is 4.74 Å². The number of rotatable bonds is 5. The van der Waals surface area contributed by atoms with Gasteiger partial charge in [-0.05, 0) is 24.3 Å². The van der Waals surface area contributed by atoms with Crippen LogP contribution in [0.15, 0.2) is 36.7 Å². The third kappa shape index (κ3) is 3.19. The predicted octanol–water partition coefficient (Wildman–Crippen LogP) is 1.19. The Hall–Kier alpha value is -2.54. The third-order valence-electron chi connectivity index (χ3n) is 4.96. The fraction of sp³-hybridized carbons (Fsp3) is 0.444. The van der Waals surface area contributed by atoms with E-state index in [9.17, 15) is 4.79 Å². The zero-order chi connectivity index (χ0) is 17.4. The normalized spacial score (nSPS) is 18.6. The van der Waals surface area contributed by atoms with Crippen molar-refractivity contribution in [2.24, 2.45) is 12.5 Å². The van der Waals surface area contributed by atoms with Gasteiger partial charge in [0.25, 0.3) is 0 Å². The number of nitrogens with one attached hydrogen (secondary N) is 1. The molecule has 7 nitrogen and oxygen atoms in total. The summed E-state index contributed by atoms with van der Waals surface area (Å²) < 4.78 is 6.88. The summed E-state index contributed by atoms with van der Waals surface area (Å²) in [7, 11) is 3.51. The van der Waals surface area contributed by atoms with Crippen molar-refractivity contribution in [3.05, 3.63) is 36.7 Å². The van der Waals surface area contributed by atoms with Crippen LogP contribution in [-0.2, 0) is 11.8 Å². The lowest BCUT2D eigenvalue weighted by Crippen LogP contribution is -2.72. The molecule has 1 N–H and O–H groups in total. The van der Waals surface area contributed by atoms with Crippen LogP contribution in [0.4, 0.5) is 11.4 Å². The highest BCUT2D eigenvalue weighted by Gasteiger charge is 2.51. The van der Waals surface area contributed by atoms with Gasteiger partial charge in [0.05, 0.1) is 25.5 Å². The summed E-state index contributed by atoms with van der Waals surface area (Å²) in [5.41, 5.74) is 2.34. The molecule has 7 heteroatoms. The van der Waals surface area contributed by atoms with Crippen LogP contribution in [0.25, 0.3) is 0 Å². The van der Waals surface area contributed by atoms with Gasteiger partial charge in [0.1, 0.15) is 5.75 Å². The van der Waals surface area contributed by atoms with Crippen LogP contribution in [0.5, 0.6) is 5.75 Å². The van der Waals surface area contributed by atoms with Crippen LogP contribution in [0.3, 0.4) is 0 Å². The molecule has 1 aromatic heterocycles. The molecule has 0 aliphatic carbocycles. The van der Waals surface area contributed by atoms with Gasteiger partial charge in [-0.1, -0.05) is 0 Å². The van der Waals surface area contributed by atoms with Crippen LogP contribution in [-0.4, -0.2) is 60.4 Å². The number of methoxy groups -OCH3 is 1. The number of anilines is 2. The van der Waals surface area contributed by atoms with Crippen molar-refractivity contribution in [1.82, 2.24) is 14.7 Å². The number of hydrogen-bond acceptors (Lipinski definition) is 5. The number of aromatic nitrogens is 2. The van der Waals surface area contributed by atoms with Crippen LogP contribution in [0.1, 0.15) is 0 Å². The molecule has 132 valence electrons. The number of likely N-dealkylation sites (tertiary alicyclic amines) is 1. The Bertz CT molecular complexity index is 756. The minimum atomic E-state index is 0.0224. The second-order valence-electron chi connectivity index (χ2n) is 7.15. The number of hydrogen-bond donors (Lipinski definition) is 1. The first-order valence-corrected chi connectivity index (χ1v) is 8.45. The number of aryl methyl sites for hydroxylation is 1. The van der Waals surface area contributed by atoms with E-state index in [1.807, 2.05) is 19.2 Å². The molecule has 2 aliphatic heterocycles. The standard InChI is InChI=1S/C18H23N5O2/c1-21-8-14(7-19-21)20-17(24)9-22-10-18(11-22)12-23(13-18)15-3-5-16(25-2)6-4-15/h3-8H,9-13H2,1-2H3,(H,20,24).